The maximum Gasteiger partial charge on any atom is 0.251 e. The second-order valence-corrected chi connectivity index (χ2v) is 4.89. The van der Waals surface area contributed by atoms with E-state index < -0.39 is 0 Å². The van der Waals surface area contributed by atoms with Crippen LogP contribution >= 0.6 is 11.8 Å². The largest absolute Gasteiger partial charge is 0.351 e. The molecule has 0 atom stereocenters. The highest BCUT2D eigenvalue weighted by molar-refractivity contribution is 7.98. The number of carbonyl (C=O) groups excluding carboxylic acids is 1. The van der Waals surface area contributed by atoms with Gasteiger partial charge in [0.05, 0.1) is 0 Å². The van der Waals surface area contributed by atoms with Crippen LogP contribution in [0, 0.1) is 0 Å². The predicted molar refractivity (Wildman–Crippen MR) is 78.3 cm³/mol. The van der Waals surface area contributed by atoms with Gasteiger partial charge in [0, 0.05) is 23.5 Å². The number of hydrogen-bond acceptors (Lipinski definition) is 3. The van der Waals surface area contributed by atoms with Crippen LogP contribution in [0.4, 0.5) is 0 Å². The number of carbonyl (C=O) groups is 1. The fourth-order valence-corrected chi connectivity index (χ4v) is 2.12. The molecule has 1 rings (SSSR count). The van der Waals surface area contributed by atoms with Crippen LogP contribution in [0.5, 0.6) is 0 Å². The molecule has 0 bridgehead atoms. The van der Waals surface area contributed by atoms with Crippen molar-refractivity contribution in [2.75, 3.05) is 32.4 Å². The molecule has 0 spiro atoms. The molecule has 1 amide bonds. The summed E-state index contributed by atoms with van der Waals surface area (Å²) in [5, 5.41) is 2.95. The van der Waals surface area contributed by atoms with E-state index in [2.05, 4.69) is 24.1 Å². The van der Waals surface area contributed by atoms with Crippen molar-refractivity contribution in [3.8, 4) is 0 Å². The molecule has 100 valence electrons. The fourth-order valence-electron chi connectivity index (χ4n) is 1.71. The minimum Gasteiger partial charge on any atom is -0.351 e. The molecule has 4 heteroatoms. The molecule has 0 aromatic heterocycles. The van der Waals surface area contributed by atoms with Gasteiger partial charge >= 0.3 is 0 Å². The standard InChI is InChI=1S/C14H22N2OS/c1-4-16(5-2)11-10-15-14(17)12-6-8-13(18-3)9-7-12/h6-9H,4-5,10-11H2,1-3H3,(H,15,17). The first-order valence-corrected chi connectivity index (χ1v) is 7.58. The van der Waals surface area contributed by atoms with Crippen LogP contribution in [0.15, 0.2) is 29.2 Å². The van der Waals surface area contributed by atoms with Crippen LogP contribution < -0.4 is 5.32 Å². The van der Waals surface area contributed by atoms with Crippen molar-refractivity contribution in [1.29, 1.82) is 0 Å². The second-order valence-electron chi connectivity index (χ2n) is 4.01. The molecular formula is C14H22N2OS. The number of rotatable bonds is 7. The predicted octanol–water partition coefficient (Wildman–Crippen LogP) is 2.48. The minimum absolute atomic E-state index is 0.00908. The quantitative estimate of drug-likeness (QED) is 0.770. The average molecular weight is 266 g/mol. The van der Waals surface area contributed by atoms with E-state index in [1.807, 2.05) is 30.5 Å². The summed E-state index contributed by atoms with van der Waals surface area (Å²) >= 11 is 1.68. The summed E-state index contributed by atoms with van der Waals surface area (Å²) in [7, 11) is 0. The van der Waals surface area contributed by atoms with E-state index in [1.165, 1.54) is 4.90 Å². The summed E-state index contributed by atoms with van der Waals surface area (Å²) in [5.74, 6) is 0.00908. The summed E-state index contributed by atoms with van der Waals surface area (Å²) < 4.78 is 0. The Bertz CT molecular complexity index is 361. The average Bonchev–Trinajstić information content (AvgIpc) is 2.43. The molecule has 0 aliphatic heterocycles. The van der Waals surface area contributed by atoms with E-state index in [1.54, 1.807) is 11.8 Å². The normalized spacial score (nSPS) is 10.7. The summed E-state index contributed by atoms with van der Waals surface area (Å²) in [6, 6.07) is 7.70. The molecule has 0 radical (unpaired) electrons. The molecule has 0 saturated carbocycles. The van der Waals surface area contributed by atoms with Crippen molar-refractivity contribution < 1.29 is 4.79 Å². The second kappa shape index (κ2) is 8.16. The number of amides is 1. The zero-order chi connectivity index (χ0) is 13.4. The van der Waals surface area contributed by atoms with E-state index in [0.717, 1.165) is 25.2 Å². The first-order valence-electron chi connectivity index (χ1n) is 6.35. The van der Waals surface area contributed by atoms with Gasteiger partial charge in [-0.05, 0) is 43.6 Å². The van der Waals surface area contributed by atoms with Gasteiger partial charge in [0.1, 0.15) is 0 Å². The topological polar surface area (TPSA) is 32.3 Å². The zero-order valence-corrected chi connectivity index (χ0v) is 12.2. The van der Waals surface area contributed by atoms with Gasteiger partial charge in [-0.25, -0.2) is 0 Å². The van der Waals surface area contributed by atoms with Gasteiger partial charge in [0.2, 0.25) is 0 Å². The van der Waals surface area contributed by atoms with E-state index >= 15 is 0 Å². The third-order valence-electron chi connectivity index (χ3n) is 2.96. The number of likely N-dealkylation sites (N-methyl/N-ethyl adjacent to an activating group) is 1. The van der Waals surface area contributed by atoms with Crippen LogP contribution in [0.3, 0.4) is 0 Å². The Morgan fingerprint density at radius 3 is 2.33 bits per heavy atom. The van der Waals surface area contributed by atoms with Gasteiger partial charge in [-0.3, -0.25) is 4.79 Å². The minimum atomic E-state index is 0.00908. The van der Waals surface area contributed by atoms with E-state index in [4.69, 9.17) is 0 Å². The summed E-state index contributed by atoms with van der Waals surface area (Å²) in [6.45, 7) is 7.91. The Kier molecular flexibility index (Phi) is 6.83. The van der Waals surface area contributed by atoms with Crippen molar-refractivity contribution in [1.82, 2.24) is 10.2 Å². The SMILES string of the molecule is CCN(CC)CCNC(=O)c1ccc(SC)cc1. The van der Waals surface area contributed by atoms with Crippen LogP contribution in [0.2, 0.25) is 0 Å². The molecule has 0 aliphatic carbocycles. The monoisotopic (exact) mass is 266 g/mol. The molecule has 3 nitrogen and oxygen atoms in total. The third-order valence-corrected chi connectivity index (χ3v) is 3.70. The Morgan fingerprint density at radius 2 is 1.83 bits per heavy atom. The molecule has 1 aromatic rings. The molecule has 0 saturated heterocycles. The van der Waals surface area contributed by atoms with Crippen LogP contribution in [0.1, 0.15) is 24.2 Å². The van der Waals surface area contributed by atoms with Gasteiger partial charge in [0.15, 0.2) is 0 Å². The smallest absolute Gasteiger partial charge is 0.251 e. The lowest BCUT2D eigenvalue weighted by Crippen LogP contribution is -2.34. The van der Waals surface area contributed by atoms with Crippen LogP contribution in [-0.4, -0.2) is 43.2 Å². The van der Waals surface area contributed by atoms with Gasteiger partial charge in [-0.1, -0.05) is 13.8 Å². The summed E-state index contributed by atoms with van der Waals surface area (Å²) in [5.41, 5.74) is 0.729. The van der Waals surface area contributed by atoms with Crippen LogP contribution in [-0.2, 0) is 0 Å². The summed E-state index contributed by atoms with van der Waals surface area (Å²) in [6.07, 6.45) is 2.03. The molecule has 0 fully saturated rings. The Balaban J connectivity index is 2.40. The van der Waals surface area contributed by atoms with Crippen molar-refractivity contribution >= 4 is 17.7 Å². The highest BCUT2D eigenvalue weighted by atomic mass is 32.2. The third kappa shape index (κ3) is 4.70. The summed E-state index contributed by atoms with van der Waals surface area (Å²) in [4.78, 5) is 15.3. The number of thioether (sulfide) groups is 1. The molecule has 0 aliphatic rings. The highest BCUT2D eigenvalue weighted by Crippen LogP contribution is 2.14. The Hall–Kier alpha value is -1.00. The van der Waals surface area contributed by atoms with Crippen molar-refractivity contribution in [3.05, 3.63) is 29.8 Å². The zero-order valence-electron chi connectivity index (χ0n) is 11.4. The van der Waals surface area contributed by atoms with Crippen molar-refractivity contribution in [2.24, 2.45) is 0 Å². The van der Waals surface area contributed by atoms with Crippen LogP contribution in [0.25, 0.3) is 0 Å². The number of nitrogens with one attached hydrogen (secondary N) is 1. The van der Waals surface area contributed by atoms with Crippen molar-refractivity contribution in [3.63, 3.8) is 0 Å². The molecule has 18 heavy (non-hydrogen) atoms. The number of nitrogens with zero attached hydrogens (tertiary/aromatic N) is 1. The maximum atomic E-state index is 11.9. The molecule has 0 heterocycles. The van der Waals surface area contributed by atoms with E-state index in [-0.39, 0.29) is 5.91 Å². The molecule has 1 N–H and O–H groups in total. The number of benzene rings is 1. The first kappa shape index (κ1) is 15.1. The number of hydrogen-bond donors (Lipinski definition) is 1. The Morgan fingerprint density at radius 1 is 1.22 bits per heavy atom. The maximum absolute atomic E-state index is 11.9. The van der Waals surface area contributed by atoms with E-state index in [9.17, 15) is 4.79 Å². The van der Waals surface area contributed by atoms with Gasteiger partial charge in [0.25, 0.3) is 5.91 Å². The van der Waals surface area contributed by atoms with Gasteiger partial charge in [-0.2, -0.15) is 0 Å². The van der Waals surface area contributed by atoms with Gasteiger partial charge in [-0.15, -0.1) is 11.8 Å². The molecule has 0 unspecified atom stereocenters. The lowest BCUT2D eigenvalue weighted by molar-refractivity contribution is 0.0949. The Labute approximate surface area is 114 Å². The fraction of sp³-hybridized carbons (Fsp3) is 0.500. The van der Waals surface area contributed by atoms with Crippen molar-refractivity contribution in [2.45, 2.75) is 18.7 Å². The van der Waals surface area contributed by atoms with E-state index in [0.29, 0.717) is 6.54 Å². The molecule has 1 aromatic carbocycles. The van der Waals surface area contributed by atoms with Gasteiger partial charge < -0.3 is 10.2 Å². The molecular weight excluding hydrogens is 244 g/mol. The lowest BCUT2D eigenvalue weighted by Gasteiger charge is -2.17. The lowest BCUT2D eigenvalue weighted by atomic mass is 10.2. The highest BCUT2D eigenvalue weighted by Gasteiger charge is 2.05. The first-order chi connectivity index (χ1) is 8.71.